The Labute approximate surface area is 215 Å². The molecule has 0 spiro atoms. The summed E-state index contributed by atoms with van der Waals surface area (Å²) >= 11 is 1.33. The van der Waals surface area contributed by atoms with Crippen LogP contribution in [0, 0.1) is 0 Å². The molecule has 198 valence electrons. The molecule has 10 nitrogen and oxygen atoms in total. The molecule has 0 radical (unpaired) electrons. The number of benzene rings is 1. The molecule has 2 fully saturated rings. The van der Waals surface area contributed by atoms with Crippen molar-refractivity contribution in [2.45, 2.75) is 31.6 Å². The summed E-state index contributed by atoms with van der Waals surface area (Å²) < 4.78 is 17.2. The number of likely N-dealkylation sites (tertiary alicyclic amines) is 1. The Hall–Kier alpha value is -2.28. The van der Waals surface area contributed by atoms with Gasteiger partial charge in [0, 0.05) is 51.2 Å². The number of piperidine rings is 1. The topological polar surface area (TPSA) is 117 Å². The summed E-state index contributed by atoms with van der Waals surface area (Å²) in [5, 5.41) is 26.0. The first-order valence-corrected chi connectivity index (χ1v) is 13.4. The lowest BCUT2D eigenvalue weighted by atomic mass is 9.88. The van der Waals surface area contributed by atoms with E-state index < -0.39 is 11.7 Å². The van der Waals surface area contributed by atoms with Gasteiger partial charge in [0.2, 0.25) is 0 Å². The first kappa shape index (κ1) is 26.8. The van der Waals surface area contributed by atoms with Crippen molar-refractivity contribution in [1.29, 1.82) is 0 Å². The fourth-order valence-electron chi connectivity index (χ4n) is 4.43. The number of aliphatic hydroxyl groups is 2. The number of ether oxygens (including phenoxy) is 3. The maximum atomic E-state index is 12.2. The van der Waals surface area contributed by atoms with E-state index in [1.54, 1.807) is 10.9 Å². The highest BCUT2D eigenvalue weighted by atomic mass is 32.1. The number of nitrogens with zero attached hydrogens (tertiary/aromatic N) is 3. The SMILES string of the molecule is CCOc1cc(CN2CC[C@@](O)(CNC(=O)c3cscn3)[C@H](O)C2)ccc1OCCN1CCOCC1. The molecule has 2 aromatic rings. The maximum Gasteiger partial charge on any atom is 0.270 e. The first-order valence-electron chi connectivity index (χ1n) is 12.4. The minimum atomic E-state index is -1.38. The molecule has 2 aliphatic heterocycles. The molecule has 0 bridgehead atoms. The molecule has 1 aromatic heterocycles. The van der Waals surface area contributed by atoms with E-state index in [1.165, 1.54) is 11.3 Å². The molecule has 3 heterocycles. The summed E-state index contributed by atoms with van der Waals surface area (Å²) in [7, 11) is 0. The molecule has 2 atom stereocenters. The first-order chi connectivity index (χ1) is 17.5. The van der Waals surface area contributed by atoms with Crippen molar-refractivity contribution < 1.29 is 29.2 Å². The highest BCUT2D eigenvalue weighted by Gasteiger charge is 2.41. The van der Waals surface area contributed by atoms with Gasteiger partial charge < -0.3 is 29.7 Å². The summed E-state index contributed by atoms with van der Waals surface area (Å²) in [5.74, 6) is 1.07. The van der Waals surface area contributed by atoms with Gasteiger partial charge in [-0.1, -0.05) is 6.07 Å². The van der Waals surface area contributed by atoms with Gasteiger partial charge in [-0.3, -0.25) is 14.6 Å². The van der Waals surface area contributed by atoms with Crippen LogP contribution in [-0.4, -0.2) is 108 Å². The summed E-state index contributed by atoms with van der Waals surface area (Å²) in [5.41, 5.74) is 1.55. The molecule has 3 N–H and O–H groups in total. The van der Waals surface area contributed by atoms with Gasteiger partial charge in [-0.15, -0.1) is 11.3 Å². The van der Waals surface area contributed by atoms with E-state index in [0.717, 1.165) is 44.2 Å². The maximum absolute atomic E-state index is 12.2. The zero-order valence-corrected chi connectivity index (χ0v) is 21.5. The molecule has 2 aliphatic rings. The third kappa shape index (κ3) is 7.15. The Balaban J connectivity index is 1.28. The Kier molecular flexibility index (Phi) is 9.52. The van der Waals surface area contributed by atoms with E-state index in [9.17, 15) is 15.0 Å². The van der Waals surface area contributed by atoms with Crippen LogP contribution in [-0.2, 0) is 11.3 Å². The fraction of sp³-hybridized carbons (Fsp3) is 0.600. The van der Waals surface area contributed by atoms with Gasteiger partial charge >= 0.3 is 0 Å². The van der Waals surface area contributed by atoms with Crippen molar-refractivity contribution in [2.24, 2.45) is 0 Å². The minimum Gasteiger partial charge on any atom is -0.490 e. The molecule has 11 heteroatoms. The van der Waals surface area contributed by atoms with Gasteiger partial charge in [-0.2, -0.15) is 0 Å². The number of hydrogen-bond donors (Lipinski definition) is 3. The average molecular weight is 521 g/mol. The van der Waals surface area contributed by atoms with Crippen molar-refractivity contribution in [1.82, 2.24) is 20.1 Å². The van der Waals surface area contributed by atoms with Gasteiger partial charge in [0.1, 0.15) is 17.9 Å². The van der Waals surface area contributed by atoms with Crippen LogP contribution in [0.1, 0.15) is 29.4 Å². The van der Waals surface area contributed by atoms with Gasteiger partial charge in [0.05, 0.1) is 31.4 Å². The van der Waals surface area contributed by atoms with Crippen molar-refractivity contribution in [3.8, 4) is 11.5 Å². The number of amides is 1. The van der Waals surface area contributed by atoms with Gasteiger partial charge in [0.25, 0.3) is 5.91 Å². The predicted molar refractivity (Wildman–Crippen MR) is 136 cm³/mol. The normalized spacial score (nSPS) is 23.4. The van der Waals surface area contributed by atoms with Gasteiger partial charge in [-0.05, 0) is 31.0 Å². The van der Waals surface area contributed by atoms with Crippen molar-refractivity contribution in [3.05, 3.63) is 40.3 Å². The standard InChI is InChI=1S/C25H36N4O6S/c1-2-34-22-13-19(3-4-21(22)35-12-9-28-7-10-33-11-8-28)14-29-6-5-25(32,23(30)15-29)17-26-24(31)20-16-36-18-27-20/h3-4,13,16,18,23,30,32H,2,5-12,14-15,17H2,1H3,(H,26,31)/t23-,25-/m1/s1. The van der Waals surface area contributed by atoms with Gasteiger partial charge in [-0.25, -0.2) is 4.98 Å². The van der Waals surface area contributed by atoms with Crippen LogP contribution in [0.4, 0.5) is 0 Å². The van der Waals surface area contributed by atoms with E-state index in [1.807, 2.05) is 25.1 Å². The van der Waals surface area contributed by atoms with Crippen LogP contribution in [0.25, 0.3) is 0 Å². The number of aromatic nitrogens is 1. The minimum absolute atomic E-state index is 0.0245. The summed E-state index contributed by atoms with van der Waals surface area (Å²) in [6.45, 7) is 8.74. The number of rotatable bonds is 11. The second-order valence-electron chi connectivity index (χ2n) is 9.18. The van der Waals surface area contributed by atoms with E-state index >= 15 is 0 Å². The second kappa shape index (κ2) is 12.8. The number of hydrogen-bond acceptors (Lipinski definition) is 10. The van der Waals surface area contributed by atoms with Crippen molar-refractivity contribution >= 4 is 17.2 Å². The van der Waals surface area contributed by atoms with Crippen LogP contribution in [0.15, 0.2) is 29.1 Å². The second-order valence-corrected chi connectivity index (χ2v) is 9.90. The summed E-state index contributed by atoms with van der Waals surface area (Å²) in [6, 6.07) is 5.92. The Morgan fingerprint density at radius 2 is 2.08 bits per heavy atom. The van der Waals surface area contributed by atoms with Crippen molar-refractivity contribution in [2.75, 3.05) is 65.7 Å². The number of nitrogens with one attached hydrogen (secondary N) is 1. The van der Waals surface area contributed by atoms with E-state index in [-0.39, 0.29) is 12.5 Å². The lowest BCUT2D eigenvalue weighted by Gasteiger charge is -2.42. The molecule has 2 saturated heterocycles. The molecular weight excluding hydrogens is 484 g/mol. The quantitative estimate of drug-likeness (QED) is 0.399. The third-order valence-corrected chi connectivity index (χ3v) is 7.20. The van der Waals surface area contributed by atoms with E-state index in [4.69, 9.17) is 14.2 Å². The fourth-order valence-corrected chi connectivity index (χ4v) is 4.96. The zero-order valence-electron chi connectivity index (χ0n) is 20.7. The van der Waals surface area contributed by atoms with Crippen molar-refractivity contribution in [3.63, 3.8) is 0 Å². The lowest BCUT2D eigenvalue weighted by molar-refractivity contribution is -0.116. The number of β-amino-alcohol motifs (C(OH)–C–C–N with tert-alkyl or cyclic N) is 1. The highest BCUT2D eigenvalue weighted by molar-refractivity contribution is 7.07. The Bertz CT molecular complexity index is 971. The lowest BCUT2D eigenvalue weighted by Crippen LogP contribution is -2.60. The molecule has 0 aliphatic carbocycles. The Morgan fingerprint density at radius 3 is 2.81 bits per heavy atom. The van der Waals surface area contributed by atoms with E-state index in [0.29, 0.717) is 50.7 Å². The number of carbonyl (C=O) groups excluding carboxylic acids is 1. The Morgan fingerprint density at radius 1 is 1.25 bits per heavy atom. The molecular formula is C25H36N4O6S. The number of carbonyl (C=O) groups is 1. The number of aliphatic hydroxyl groups excluding tert-OH is 1. The monoisotopic (exact) mass is 520 g/mol. The molecule has 0 saturated carbocycles. The molecule has 36 heavy (non-hydrogen) atoms. The third-order valence-electron chi connectivity index (χ3n) is 6.62. The van der Waals surface area contributed by atoms with Gasteiger partial charge in [0.15, 0.2) is 11.5 Å². The zero-order chi connectivity index (χ0) is 25.4. The molecule has 0 unspecified atom stereocenters. The summed E-state index contributed by atoms with van der Waals surface area (Å²) in [6.07, 6.45) is -0.650. The molecule has 1 amide bonds. The summed E-state index contributed by atoms with van der Waals surface area (Å²) in [4.78, 5) is 20.5. The number of morpholine rings is 1. The largest absolute Gasteiger partial charge is 0.490 e. The number of thiazole rings is 1. The molecule has 4 rings (SSSR count). The van der Waals surface area contributed by atoms with Crippen LogP contribution >= 0.6 is 11.3 Å². The smallest absolute Gasteiger partial charge is 0.270 e. The van der Waals surface area contributed by atoms with Crippen LogP contribution < -0.4 is 14.8 Å². The van der Waals surface area contributed by atoms with Crippen LogP contribution in [0.5, 0.6) is 11.5 Å². The molecule has 1 aromatic carbocycles. The van der Waals surface area contributed by atoms with Crippen LogP contribution in [0.3, 0.4) is 0 Å². The predicted octanol–water partition coefficient (Wildman–Crippen LogP) is 0.981. The van der Waals surface area contributed by atoms with Crippen LogP contribution in [0.2, 0.25) is 0 Å². The highest BCUT2D eigenvalue weighted by Crippen LogP contribution is 2.30. The average Bonchev–Trinajstić information content (AvgIpc) is 3.43. The van der Waals surface area contributed by atoms with E-state index in [2.05, 4.69) is 20.1 Å².